The minimum absolute atomic E-state index is 0.505. The Hall–Kier alpha value is -1.85. The van der Waals surface area contributed by atoms with Gasteiger partial charge in [0.15, 0.2) is 5.76 Å². The number of para-hydroxylation sites is 1. The molecule has 0 aliphatic carbocycles. The van der Waals surface area contributed by atoms with Gasteiger partial charge in [-0.2, -0.15) is 0 Å². The maximum Gasteiger partial charge on any atom is 0.170 e. The molecule has 0 amide bonds. The van der Waals surface area contributed by atoms with Crippen molar-refractivity contribution in [3.05, 3.63) is 36.0 Å². The molecule has 19 heavy (non-hydrogen) atoms. The summed E-state index contributed by atoms with van der Waals surface area (Å²) >= 11 is 0. The molecule has 1 aromatic heterocycles. The molecule has 0 aliphatic rings. The lowest BCUT2D eigenvalue weighted by Gasteiger charge is -2.08. The quantitative estimate of drug-likeness (QED) is 0.774. The zero-order valence-corrected chi connectivity index (χ0v) is 11.2. The van der Waals surface area contributed by atoms with Crippen LogP contribution in [0.1, 0.15) is 5.69 Å². The molecule has 102 valence electrons. The second-order valence-corrected chi connectivity index (χ2v) is 4.05. The number of benzene rings is 1. The fourth-order valence-corrected chi connectivity index (χ4v) is 1.73. The van der Waals surface area contributed by atoms with Crippen LogP contribution < -0.4 is 10.1 Å². The molecule has 0 radical (unpaired) electrons. The lowest BCUT2D eigenvalue weighted by molar-refractivity contribution is 0.146. The third-order valence-electron chi connectivity index (χ3n) is 2.61. The Morgan fingerprint density at radius 1 is 1.26 bits per heavy atom. The first kappa shape index (κ1) is 13.6. The molecule has 2 aromatic rings. The van der Waals surface area contributed by atoms with E-state index in [4.69, 9.17) is 14.0 Å². The molecule has 1 aromatic carbocycles. The van der Waals surface area contributed by atoms with Gasteiger partial charge < -0.3 is 19.3 Å². The lowest BCUT2D eigenvalue weighted by Crippen LogP contribution is -2.05. The van der Waals surface area contributed by atoms with Gasteiger partial charge in [-0.25, -0.2) is 0 Å². The van der Waals surface area contributed by atoms with E-state index < -0.39 is 0 Å². The van der Waals surface area contributed by atoms with E-state index in [9.17, 15) is 0 Å². The largest absolute Gasteiger partial charge is 0.490 e. The zero-order valence-electron chi connectivity index (χ0n) is 11.2. The van der Waals surface area contributed by atoms with Gasteiger partial charge in [0.05, 0.1) is 17.9 Å². The highest BCUT2D eigenvalue weighted by atomic mass is 16.5. The molecule has 0 atom stereocenters. The number of ether oxygens (including phenoxy) is 2. The number of nitrogens with one attached hydrogen (secondary N) is 1. The fourth-order valence-electron chi connectivity index (χ4n) is 1.73. The highest BCUT2D eigenvalue weighted by molar-refractivity contribution is 5.65. The van der Waals surface area contributed by atoms with Crippen LogP contribution in [0.5, 0.6) is 5.75 Å². The Morgan fingerprint density at radius 2 is 2.11 bits per heavy atom. The predicted octanol–water partition coefficient (Wildman–Crippen LogP) is 2.09. The molecule has 5 nitrogen and oxygen atoms in total. The Kier molecular flexibility index (Phi) is 4.94. The van der Waals surface area contributed by atoms with Crippen molar-refractivity contribution in [2.24, 2.45) is 0 Å². The second-order valence-electron chi connectivity index (χ2n) is 4.05. The summed E-state index contributed by atoms with van der Waals surface area (Å²) in [4.78, 5) is 0. The average Bonchev–Trinajstić information content (AvgIpc) is 2.89. The monoisotopic (exact) mass is 262 g/mol. The molecule has 0 saturated heterocycles. The molecule has 0 unspecified atom stereocenters. The zero-order chi connectivity index (χ0) is 13.5. The summed E-state index contributed by atoms with van der Waals surface area (Å²) < 4.78 is 16.0. The van der Waals surface area contributed by atoms with E-state index >= 15 is 0 Å². The van der Waals surface area contributed by atoms with Crippen molar-refractivity contribution in [3.8, 4) is 17.1 Å². The lowest BCUT2D eigenvalue weighted by atomic mass is 10.1. The number of aromatic nitrogens is 1. The highest BCUT2D eigenvalue weighted by Crippen LogP contribution is 2.30. The van der Waals surface area contributed by atoms with Crippen molar-refractivity contribution >= 4 is 0 Å². The Balaban J connectivity index is 2.17. The standard InChI is InChI=1S/C14H18N2O3/c1-15-10-11-9-14(19-16-11)12-5-3-4-6-13(12)18-8-7-17-2/h3-6,9,15H,7-8,10H2,1-2H3. The number of methoxy groups -OCH3 is 1. The molecule has 5 heteroatoms. The minimum atomic E-state index is 0.505. The van der Waals surface area contributed by atoms with Crippen LogP contribution in [0.25, 0.3) is 11.3 Å². The first-order valence-corrected chi connectivity index (χ1v) is 6.16. The van der Waals surface area contributed by atoms with Crippen LogP contribution in [-0.4, -0.2) is 32.5 Å². The average molecular weight is 262 g/mol. The molecule has 0 spiro atoms. The topological polar surface area (TPSA) is 56.5 Å². The molecule has 0 fully saturated rings. The van der Waals surface area contributed by atoms with E-state index in [-0.39, 0.29) is 0 Å². The van der Waals surface area contributed by atoms with E-state index in [2.05, 4.69) is 10.5 Å². The maximum absolute atomic E-state index is 5.67. The molecule has 1 N–H and O–H groups in total. The summed E-state index contributed by atoms with van der Waals surface area (Å²) in [7, 11) is 3.52. The van der Waals surface area contributed by atoms with E-state index in [0.717, 1.165) is 17.0 Å². The summed E-state index contributed by atoms with van der Waals surface area (Å²) in [5, 5.41) is 7.04. The van der Waals surface area contributed by atoms with Crippen LogP contribution >= 0.6 is 0 Å². The number of rotatable bonds is 7. The van der Waals surface area contributed by atoms with E-state index in [1.807, 2.05) is 37.4 Å². The van der Waals surface area contributed by atoms with Gasteiger partial charge in [0.2, 0.25) is 0 Å². The summed E-state index contributed by atoms with van der Waals surface area (Å²) in [6, 6.07) is 9.64. The third kappa shape index (κ3) is 3.56. The van der Waals surface area contributed by atoms with Gasteiger partial charge >= 0.3 is 0 Å². The number of hydrogen-bond donors (Lipinski definition) is 1. The van der Waals surface area contributed by atoms with Crippen molar-refractivity contribution in [1.82, 2.24) is 10.5 Å². The van der Waals surface area contributed by atoms with Crippen LogP contribution in [0.4, 0.5) is 0 Å². The van der Waals surface area contributed by atoms with E-state index in [1.165, 1.54) is 0 Å². The normalized spacial score (nSPS) is 10.6. The van der Waals surface area contributed by atoms with Crippen LogP contribution in [0, 0.1) is 0 Å². The van der Waals surface area contributed by atoms with Gasteiger partial charge in [-0.05, 0) is 19.2 Å². The summed E-state index contributed by atoms with van der Waals surface area (Å²) in [5.41, 5.74) is 1.76. The molecule has 0 saturated carbocycles. The Bertz CT molecular complexity index is 511. The van der Waals surface area contributed by atoms with E-state index in [0.29, 0.717) is 25.5 Å². The van der Waals surface area contributed by atoms with Crippen molar-refractivity contribution < 1.29 is 14.0 Å². The third-order valence-corrected chi connectivity index (χ3v) is 2.61. The van der Waals surface area contributed by atoms with Crippen LogP contribution in [-0.2, 0) is 11.3 Å². The van der Waals surface area contributed by atoms with Gasteiger partial charge in [-0.15, -0.1) is 0 Å². The molecule has 0 bridgehead atoms. The van der Waals surface area contributed by atoms with Crippen LogP contribution in [0.2, 0.25) is 0 Å². The van der Waals surface area contributed by atoms with Crippen molar-refractivity contribution in [1.29, 1.82) is 0 Å². The smallest absolute Gasteiger partial charge is 0.170 e. The first-order chi connectivity index (χ1) is 9.35. The second kappa shape index (κ2) is 6.92. The van der Waals surface area contributed by atoms with Crippen molar-refractivity contribution in [2.75, 3.05) is 27.4 Å². The van der Waals surface area contributed by atoms with Gasteiger partial charge in [0.1, 0.15) is 12.4 Å². The Morgan fingerprint density at radius 3 is 2.89 bits per heavy atom. The summed E-state index contributed by atoms with van der Waals surface area (Å²) in [6.07, 6.45) is 0. The minimum Gasteiger partial charge on any atom is -0.490 e. The van der Waals surface area contributed by atoms with E-state index in [1.54, 1.807) is 7.11 Å². The van der Waals surface area contributed by atoms with Crippen LogP contribution in [0.3, 0.4) is 0 Å². The first-order valence-electron chi connectivity index (χ1n) is 6.16. The van der Waals surface area contributed by atoms with Crippen molar-refractivity contribution in [3.63, 3.8) is 0 Å². The highest BCUT2D eigenvalue weighted by Gasteiger charge is 2.11. The SMILES string of the molecule is CNCc1cc(-c2ccccc2OCCOC)on1. The fraction of sp³-hybridized carbons (Fsp3) is 0.357. The molecule has 0 aliphatic heterocycles. The predicted molar refractivity (Wildman–Crippen MR) is 72.1 cm³/mol. The summed E-state index contributed by atoms with van der Waals surface area (Å²) in [5.74, 6) is 1.48. The molecular weight excluding hydrogens is 244 g/mol. The Labute approximate surface area is 112 Å². The molecule has 2 rings (SSSR count). The molecule has 1 heterocycles. The van der Waals surface area contributed by atoms with Gasteiger partial charge in [0, 0.05) is 19.7 Å². The van der Waals surface area contributed by atoms with Gasteiger partial charge in [-0.3, -0.25) is 0 Å². The summed E-state index contributed by atoms with van der Waals surface area (Å²) in [6.45, 7) is 1.73. The number of hydrogen-bond acceptors (Lipinski definition) is 5. The number of nitrogens with zero attached hydrogens (tertiary/aromatic N) is 1. The van der Waals surface area contributed by atoms with Gasteiger partial charge in [-0.1, -0.05) is 17.3 Å². The van der Waals surface area contributed by atoms with Gasteiger partial charge in [0.25, 0.3) is 0 Å². The van der Waals surface area contributed by atoms with Crippen molar-refractivity contribution in [2.45, 2.75) is 6.54 Å². The molecular formula is C14H18N2O3. The van der Waals surface area contributed by atoms with Crippen LogP contribution in [0.15, 0.2) is 34.9 Å². The maximum atomic E-state index is 5.67.